The Morgan fingerprint density at radius 1 is 2.00 bits per heavy atom. The van der Waals surface area contributed by atoms with Crippen LogP contribution < -0.4 is 0 Å². The lowest BCUT2D eigenvalue weighted by atomic mass is 10.9. The Labute approximate surface area is 41.0 Å². The Hall–Kier alpha value is -0.0200. The van der Waals surface area contributed by atoms with Crippen molar-refractivity contribution >= 4 is 11.7 Å². The smallest absolute Gasteiger partial charge is 0.373 e. The summed E-state index contributed by atoms with van der Waals surface area (Å²) in [4.78, 5) is 0. The second kappa shape index (κ2) is 4.98. The van der Waals surface area contributed by atoms with Gasteiger partial charge in [0.15, 0.2) is 0 Å². The third kappa shape index (κ3) is 3.98. The molecule has 0 heterocycles. The Morgan fingerprint density at radius 3 is 2.83 bits per heavy atom. The fourth-order valence-electron chi connectivity index (χ4n) is 0.0958. The molecule has 0 aliphatic heterocycles. The van der Waals surface area contributed by atoms with Crippen molar-refractivity contribution in [3.05, 3.63) is 6.61 Å². The summed E-state index contributed by atoms with van der Waals surface area (Å²) in [6, 6.07) is 0. The van der Waals surface area contributed by atoms with Crippen LogP contribution in [0.5, 0.6) is 0 Å². The second-order valence-electron chi connectivity index (χ2n) is 0.687. The van der Waals surface area contributed by atoms with Gasteiger partial charge in [0.25, 0.3) is 5.75 Å². The van der Waals surface area contributed by atoms with Crippen LogP contribution in [0.25, 0.3) is 0 Å². The Bertz CT molecular complexity index is 37.8. The Morgan fingerprint density at radius 2 is 2.67 bits per heavy atom. The summed E-state index contributed by atoms with van der Waals surface area (Å²) in [7, 11) is 1.52. The molecule has 0 aliphatic carbocycles. The maximum Gasteiger partial charge on any atom is 0.461 e. The van der Waals surface area contributed by atoms with Crippen molar-refractivity contribution in [2.75, 3.05) is 12.9 Å². The van der Waals surface area contributed by atoms with Gasteiger partial charge in [-0.25, -0.2) is 0 Å². The molecule has 0 atom stereocenters. The first-order valence-corrected chi connectivity index (χ1v) is 2.42. The maximum absolute atomic E-state index is 9.49. The molecule has 6 heavy (non-hydrogen) atoms. The van der Waals surface area contributed by atoms with Crippen LogP contribution >= 0.6 is 0 Å². The van der Waals surface area contributed by atoms with E-state index in [1.807, 2.05) is 0 Å². The molecule has 1 radical (unpaired) electrons. The largest absolute Gasteiger partial charge is 0.461 e. The summed E-state index contributed by atoms with van der Waals surface area (Å²) in [5.41, 5.74) is 0. The molecule has 3 heteroatoms. The van der Waals surface area contributed by atoms with E-state index in [0.717, 1.165) is 0 Å². The first-order valence-electron chi connectivity index (χ1n) is 1.51. The molecule has 2 nitrogen and oxygen atoms in total. The minimum Gasteiger partial charge on any atom is -0.373 e. The molecule has 0 fully saturated rings. The van der Waals surface area contributed by atoms with Gasteiger partial charge >= 0.3 is 11.7 Å². The molecular weight excluding hydrogens is 100 g/mol. The van der Waals surface area contributed by atoms with Gasteiger partial charge in [-0.05, 0) is 0 Å². The predicted octanol–water partition coefficient (Wildman–Crippen LogP) is 0.223. The Kier molecular flexibility index (Phi) is 4.96. The van der Waals surface area contributed by atoms with Gasteiger partial charge in [-0.3, -0.25) is 0 Å². The molecule has 0 N–H and O–H groups in total. The molecule has 0 unspecified atom stereocenters. The van der Waals surface area contributed by atoms with E-state index in [9.17, 15) is 4.21 Å². The van der Waals surface area contributed by atoms with Crippen LogP contribution in [0.15, 0.2) is 0 Å². The van der Waals surface area contributed by atoms with Crippen LogP contribution in [0.4, 0.5) is 0 Å². The normalized spacial score (nSPS) is 8.17. The van der Waals surface area contributed by atoms with Crippen molar-refractivity contribution < 1.29 is 8.95 Å². The topological polar surface area (TPSA) is 26.3 Å². The highest BCUT2D eigenvalue weighted by molar-refractivity contribution is 7.65. The molecule has 0 bridgehead atoms. The molecule has 0 spiro atoms. The standard InChI is InChI=1S/C3H6O2S/c1-5-2-3-6-4/h2H,3H2,1H3/q+1. The first-order chi connectivity index (χ1) is 2.91. The molecule has 35 valence electrons. The zero-order chi connectivity index (χ0) is 4.83. The minimum atomic E-state index is 0.427. The van der Waals surface area contributed by atoms with Gasteiger partial charge in [-0.15, -0.1) is 0 Å². The summed E-state index contributed by atoms with van der Waals surface area (Å²) in [5.74, 6) is 0.427. The molecule has 0 amide bonds. The van der Waals surface area contributed by atoms with E-state index < -0.39 is 0 Å². The summed E-state index contributed by atoms with van der Waals surface area (Å²) in [6.07, 6.45) is 0. The van der Waals surface area contributed by atoms with Gasteiger partial charge in [0, 0.05) is 11.3 Å². The van der Waals surface area contributed by atoms with E-state index in [-0.39, 0.29) is 0 Å². The molecular formula is C3H6O2S+. The third-order valence-electron chi connectivity index (χ3n) is 0.303. The highest BCUT2D eigenvalue weighted by Crippen LogP contribution is 1.71. The molecule has 0 aromatic rings. The third-order valence-corrected chi connectivity index (χ3v) is 0.575. The Balaban J connectivity index is 2.49. The summed E-state index contributed by atoms with van der Waals surface area (Å²) in [6.45, 7) is 1.46. The lowest BCUT2D eigenvalue weighted by Gasteiger charge is -1.75. The molecule has 0 aliphatic rings. The summed E-state index contributed by atoms with van der Waals surface area (Å²) >= 11 is 0.496. The van der Waals surface area contributed by atoms with E-state index in [1.54, 1.807) is 0 Å². The second-order valence-corrected chi connectivity index (χ2v) is 1.26. The van der Waals surface area contributed by atoms with E-state index in [4.69, 9.17) is 0 Å². The van der Waals surface area contributed by atoms with Crippen molar-refractivity contribution in [3.63, 3.8) is 0 Å². The number of methoxy groups -OCH3 is 1. The average molecular weight is 106 g/mol. The van der Waals surface area contributed by atoms with E-state index >= 15 is 0 Å². The zero-order valence-electron chi connectivity index (χ0n) is 3.51. The van der Waals surface area contributed by atoms with Crippen LogP contribution in [-0.2, 0) is 20.6 Å². The highest BCUT2D eigenvalue weighted by Gasteiger charge is 1.92. The molecule has 0 saturated heterocycles. The van der Waals surface area contributed by atoms with Gasteiger partial charge in [0.05, 0.1) is 0 Å². The number of ether oxygens (including phenoxy) is 1. The first kappa shape index (κ1) is 5.98. The van der Waals surface area contributed by atoms with Crippen molar-refractivity contribution in [2.24, 2.45) is 0 Å². The van der Waals surface area contributed by atoms with E-state index in [2.05, 4.69) is 4.74 Å². The predicted molar refractivity (Wildman–Crippen MR) is 24.2 cm³/mol. The van der Waals surface area contributed by atoms with Gasteiger partial charge < -0.3 is 4.74 Å². The van der Waals surface area contributed by atoms with Crippen LogP contribution in [0.3, 0.4) is 0 Å². The minimum absolute atomic E-state index is 0.427. The zero-order valence-corrected chi connectivity index (χ0v) is 4.33. The SMILES string of the molecule is CO[CH]C[S+]=O. The van der Waals surface area contributed by atoms with Crippen LogP contribution in [-0.4, -0.2) is 12.9 Å². The van der Waals surface area contributed by atoms with Crippen molar-refractivity contribution in [2.45, 2.75) is 0 Å². The number of rotatable bonds is 3. The lowest BCUT2D eigenvalue weighted by molar-refractivity contribution is 0.284. The number of hydrogen-bond donors (Lipinski definition) is 0. The van der Waals surface area contributed by atoms with Gasteiger partial charge in [0.1, 0.15) is 6.61 Å². The summed E-state index contributed by atoms with van der Waals surface area (Å²) in [5, 5.41) is 0. The van der Waals surface area contributed by atoms with Gasteiger partial charge in [0.2, 0.25) is 0 Å². The molecule has 0 aromatic carbocycles. The van der Waals surface area contributed by atoms with Gasteiger partial charge in [-0.2, -0.15) is 0 Å². The average Bonchev–Trinajstić information content (AvgIpc) is 1.61. The quantitative estimate of drug-likeness (QED) is 0.380. The van der Waals surface area contributed by atoms with Gasteiger partial charge in [-0.1, -0.05) is 0 Å². The summed E-state index contributed by atoms with van der Waals surface area (Å²) < 4.78 is 13.9. The van der Waals surface area contributed by atoms with E-state index in [0.29, 0.717) is 17.4 Å². The molecule has 0 saturated carbocycles. The molecule has 0 aromatic heterocycles. The molecule has 0 rings (SSSR count). The highest BCUT2D eigenvalue weighted by atomic mass is 32.1. The fourth-order valence-corrected chi connectivity index (χ4v) is 0.287. The van der Waals surface area contributed by atoms with Crippen LogP contribution in [0.1, 0.15) is 0 Å². The van der Waals surface area contributed by atoms with Crippen LogP contribution in [0, 0.1) is 6.61 Å². The lowest BCUT2D eigenvalue weighted by Crippen LogP contribution is -1.83. The van der Waals surface area contributed by atoms with Crippen LogP contribution in [0.2, 0.25) is 0 Å². The van der Waals surface area contributed by atoms with Crippen molar-refractivity contribution in [1.29, 1.82) is 0 Å². The van der Waals surface area contributed by atoms with Crippen molar-refractivity contribution in [1.82, 2.24) is 0 Å². The van der Waals surface area contributed by atoms with E-state index in [1.165, 1.54) is 13.7 Å². The maximum atomic E-state index is 9.49. The van der Waals surface area contributed by atoms with Crippen molar-refractivity contribution in [3.8, 4) is 0 Å². The monoisotopic (exact) mass is 106 g/mol. The number of hydrogen-bond acceptors (Lipinski definition) is 2. The fraction of sp³-hybridized carbons (Fsp3) is 0.667.